The Labute approximate surface area is 127 Å². The van der Waals surface area contributed by atoms with Crippen molar-refractivity contribution in [2.24, 2.45) is 11.7 Å². The van der Waals surface area contributed by atoms with Crippen molar-refractivity contribution in [1.82, 2.24) is 4.31 Å². The lowest BCUT2D eigenvalue weighted by atomic mass is 9.96. The maximum absolute atomic E-state index is 13.2. The Morgan fingerprint density at radius 3 is 2.40 bits per heavy atom. The van der Waals surface area contributed by atoms with Crippen molar-refractivity contribution in [3.8, 4) is 0 Å². The molecule has 4 nitrogen and oxygen atoms in total. The summed E-state index contributed by atoms with van der Waals surface area (Å²) in [4.78, 5) is -0.245. The Hall–Kier alpha value is -0.400. The molecule has 20 heavy (non-hydrogen) atoms. The van der Waals surface area contributed by atoms with Gasteiger partial charge >= 0.3 is 0 Å². The van der Waals surface area contributed by atoms with Crippen LogP contribution in [0.3, 0.4) is 0 Å². The summed E-state index contributed by atoms with van der Waals surface area (Å²) in [5.74, 6) is -0.635. The topological polar surface area (TPSA) is 63.4 Å². The summed E-state index contributed by atoms with van der Waals surface area (Å²) < 4.78 is 39.6. The van der Waals surface area contributed by atoms with Crippen LogP contribution in [0.1, 0.15) is 13.3 Å². The Morgan fingerprint density at radius 1 is 1.35 bits per heavy atom. The fourth-order valence-corrected chi connectivity index (χ4v) is 4.94. The molecule has 1 aliphatic rings. The molecular weight excluding hydrogens is 326 g/mol. The summed E-state index contributed by atoms with van der Waals surface area (Å²) in [6, 6.07) is 1.86. The first-order valence-corrected chi connectivity index (χ1v) is 8.33. The monoisotopic (exact) mass is 340 g/mol. The molecule has 0 saturated carbocycles. The minimum absolute atomic E-state index is 0.0272. The van der Waals surface area contributed by atoms with E-state index in [2.05, 4.69) is 0 Å². The summed E-state index contributed by atoms with van der Waals surface area (Å²) in [5.41, 5.74) is 5.88. The van der Waals surface area contributed by atoms with E-state index in [1.807, 2.05) is 6.92 Å². The van der Waals surface area contributed by atoms with Gasteiger partial charge in [0.1, 0.15) is 10.7 Å². The SMILES string of the molecule is CC1CN(S(=O)(=O)c2c(Cl)cc(F)cc2Cl)CCC1N. The molecule has 0 radical (unpaired) electrons. The van der Waals surface area contributed by atoms with Gasteiger partial charge in [-0.1, -0.05) is 30.1 Å². The third-order valence-corrected chi connectivity index (χ3v) is 6.28. The average Bonchev–Trinajstić information content (AvgIpc) is 2.30. The Balaban J connectivity index is 2.41. The number of nitrogens with two attached hydrogens (primary N) is 1. The number of piperidine rings is 1. The molecule has 2 rings (SSSR count). The average molecular weight is 341 g/mol. The molecule has 0 aliphatic carbocycles. The Morgan fingerprint density at radius 2 is 1.90 bits per heavy atom. The highest BCUT2D eigenvalue weighted by molar-refractivity contribution is 7.89. The van der Waals surface area contributed by atoms with Gasteiger partial charge in [0.25, 0.3) is 0 Å². The highest BCUT2D eigenvalue weighted by Gasteiger charge is 2.34. The number of benzene rings is 1. The minimum atomic E-state index is -3.85. The van der Waals surface area contributed by atoms with E-state index < -0.39 is 15.8 Å². The fraction of sp³-hybridized carbons (Fsp3) is 0.500. The van der Waals surface area contributed by atoms with Crippen LogP contribution in [0.4, 0.5) is 4.39 Å². The van der Waals surface area contributed by atoms with Crippen molar-refractivity contribution < 1.29 is 12.8 Å². The van der Waals surface area contributed by atoms with Crippen LogP contribution < -0.4 is 5.73 Å². The van der Waals surface area contributed by atoms with Crippen LogP contribution in [0.25, 0.3) is 0 Å². The normalized spacial score (nSPS) is 24.9. The third kappa shape index (κ3) is 2.94. The number of rotatable bonds is 2. The molecule has 0 aromatic heterocycles. The first-order valence-electron chi connectivity index (χ1n) is 6.13. The van der Waals surface area contributed by atoms with Crippen molar-refractivity contribution in [3.05, 3.63) is 28.0 Å². The van der Waals surface area contributed by atoms with Gasteiger partial charge in [0.05, 0.1) is 10.0 Å². The standard InChI is InChI=1S/C12H15Cl2FN2O2S/c1-7-6-17(3-2-11(7)16)20(18,19)12-9(13)4-8(15)5-10(12)14/h4-5,7,11H,2-3,6,16H2,1H3. The van der Waals surface area contributed by atoms with Crippen molar-refractivity contribution in [3.63, 3.8) is 0 Å². The zero-order valence-electron chi connectivity index (χ0n) is 10.8. The molecule has 2 N–H and O–H groups in total. The van der Waals surface area contributed by atoms with Gasteiger partial charge < -0.3 is 5.73 Å². The van der Waals surface area contributed by atoms with E-state index in [4.69, 9.17) is 28.9 Å². The van der Waals surface area contributed by atoms with E-state index in [0.29, 0.717) is 19.5 Å². The minimum Gasteiger partial charge on any atom is -0.327 e. The van der Waals surface area contributed by atoms with Crippen molar-refractivity contribution in [1.29, 1.82) is 0 Å². The lowest BCUT2D eigenvalue weighted by Crippen LogP contribution is -2.48. The van der Waals surface area contributed by atoms with Crippen LogP contribution in [-0.2, 0) is 10.0 Å². The molecule has 1 saturated heterocycles. The molecule has 8 heteroatoms. The second-order valence-corrected chi connectivity index (χ2v) is 7.68. The zero-order chi connectivity index (χ0) is 15.1. The van der Waals surface area contributed by atoms with Crippen LogP contribution in [0.15, 0.2) is 17.0 Å². The van der Waals surface area contributed by atoms with Gasteiger partial charge in [0, 0.05) is 19.1 Å². The Kier molecular flexibility index (Phi) is 4.61. The van der Waals surface area contributed by atoms with E-state index in [1.54, 1.807) is 0 Å². The molecule has 2 unspecified atom stereocenters. The third-order valence-electron chi connectivity index (χ3n) is 3.50. The summed E-state index contributed by atoms with van der Waals surface area (Å²) >= 11 is 11.7. The van der Waals surface area contributed by atoms with Crippen molar-refractivity contribution >= 4 is 33.2 Å². The molecule has 1 aromatic carbocycles. The van der Waals surface area contributed by atoms with E-state index >= 15 is 0 Å². The highest BCUT2D eigenvalue weighted by Crippen LogP contribution is 2.34. The zero-order valence-corrected chi connectivity index (χ0v) is 13.1. The van der Waals surface area contributed by atoms with Gasteiger partial charge in [-0.3, -0.25) is 0 Å². The van der Waals surface area contributed by atoms with E-state index in [9.17, 15) is 12.8 Å². The number of hydrogen-bond donors (Lipinski definition) is 1. The number of nitrogens with zero attached hydrogens (tertiary/aromatic N) is 1. The molecule has 1 fully saturated rings. The summed E-state index contributed by atoms with van der Waals surface area (Å²) in [6.07, 6.45) is 0.566. The van der Waals surface area contributed by atoms with E-state index in [0.717, 1.165) is 12.1 Å². The smallest absolute Gasteiger partial charge is 0.246 e. The molecule has 2 atom stereocenters. The van der Waals surface area contributed by atoms with Gasteiger partial charge in [-0.05, 0) is 24.5 Å². The largest absolute Gasteiger partial charge is 0.327 e. The highest BCUT2D eigenvalue weighted by atomic mass is 35.5. The van der Waals surface area contributed by atoms with Gasteiger partial charge in [0.15, 0.2) is 0 Å². The van der Waals surface area contributed by atoms with Gasteiger partial charge in [-0.25, -0.2) is 12.8 Å². The first-order chi connectivity index (χ1) is 9.23. The number of halogens is 3. The molecule has 0 spiro atoms. The lowest BCUT2D eigenvalue weighted by Gasteiger charge is -2.34. The molecule has 1 heterocycles. The van der Waals surface area contributed by atoms with Crippen LogP contribution in [-0.4, -0.2) is 31.9 Å². The fourth-order valence-electron chi connectivity index (χ4n) is 2.25. The summed E-state index contributed by atoms with van der Waals surface area (Å²) in [6.45, 7) is 2.49. The van der Waals surface area contributed by atoms with E-state index in [-0.39, 0.29) is 26.9 Å². The van der Waals surface area contributed by atoms with Gasteiger partial charge in [-0.15, -0.1) is 0 Å². The number of hydrogen-bond acceptors (Lipinski definition) is 3. The maximum atomic E-state index is 13.2. The lowest BCUT2D eigenvalue weighted by molar-refractivity contribution is 0.250. The van der Waals surface area contributed by atoms with Crippen molar-refractivity contribution in [2.75, 3.05) is 13.1 Å². The molecule has 1 aliphatic heterocycles. The molecule has 112 valence electrons. The van der Waals surface area contributed by atoms with Crippen LogP contribution >= 0.6 is 23.2 Å². The molecule has 1 aromatic rings. The molecular formula is C12H15Cl2FN2O2S. The summed E-state index contributed by atoms with van der Waals surface area (Å²) in [5, 5.41) is -0.421. The van der Waals surface area contributed by atoms with Crippen LogP contribution in [0.2, 0.25) is 10.0 Å². The van der Waals surface area contributed by atoms with Crippen LogP contribution in [0, 0.1) is 11.7 Å². The quantitative estimate of drug-likeness (QED) is 0.899. The Bertz CT molecular complexity index is 601. The second-order valence-electron chi connectivity index (χ2n) is 4.99. The summed E-state index contributed by atoms with van der Waals surface area (Å²) in [7, 11) is -3.85. The first kappa shape index (κ1) is 16.0. The number of sulfonamides is 1. The second kappa shape index (κ2) is 5.77. The predicted octanol–water partition coefficient (Wildman–Crippen LogP) is 2.49. The van der Waals surface area contributed by atoms with E-state index in [1.165, 1.54) is 4.31 Å². The maximum Gasteiger partial charge on any atom is 0.246 e. The van der Waals surface area contributed by atoms with Crippen LogP contribution in [0.5, 0.6) is 0 Å². The predicted molar refractivity (Wildman–Crippen MR) is 76.9 cm³/mol. The molecule has 0 bridgehead atoms. The van der Waals surface area contributed by atoms with Gasteiger partial charge in [-0.2, -0.15) is 4.31 Å². The van der Waals surface area contributed by atoms with Crippen molar-refractivity contribution in [2.45, 2.75) is 24.3 Å². The van der Waals surface area contributed by atoms with Gasteiger partial charge in [0.2, 0.25) is 10.0 Å². The molecule has 0 amide bonds.